The lowest BCUT2D eigenvalue weighted by atomic mass is 10.2. The number of carboxylic acid groups (broad SMARTS) is 1. The van der Waals surface area contributed by atoms with Crippen LogP contribution in [-0.2, 0) is 6.54 Å². The summed E-state index contributed by atoms with van der Waals surface area (Å²) in [5.41, 5.74) is 2.95. The number of benzene rings is 2. The minimum atomic E-state index is -0.941. The first kappa shape index (κ1) is 15.5. The highest BCUT2D eigenvalue weighted by atomic mass is 35.5. The van der Waals surface area contributed by atoms with Gasteiger partial charge in [0.25, 0.3) is 0 Å². The van der Waals surface area contributed by atoms with E-state index < -0.39 is 5.97 Å². The summed E-state index contributed by atoms with van der Waals surface area (Å²) in [7, 11) is 0. The molecule has 6 heteroatoms. The van der Waals surface area contributed by atoms with E-state index in [4.69, 9.17) is 28.2 Å². The Bertz CT molecular complexity index is 961. The molecule has 4 nitrogen and oxygen atoms in total. The molecule has 0 aliphatic heterocycles. The third-order valence-electron chi connectivity index (χ3n) is 4.29. The third-order valence-corrected chi connectivity index (χ3v) is 5.03. The molecule has 1 aromatic heterocycles. The fourth-order valence-corrected chi connectivity index (χ4v) is 3.24. The van der Waals surface area contributed by atoms with Crippen molar-refractivity contribution in [3.8, 4) is 0 Å². The highest BCUT2D eigenvalue weighted by molar-refractivity contribution is 6.42. The number of rotatable bonds is 4. The average Bonchev–Trinajstić information content (AvgIpc) is 3.34. The monoisotopic (exact) mass is 360 g/mol. The SMILES string of the molecule is O=C(O)c1ccc2c(c1)nc(C1CC1)n2Cc1ccc(Cl)c(Cl)c1. The summed E-state index contributed by atoms with van der Waals surface area (Å²) in [6.45, 7) is 0.631. The number of hydrogen-bond acceptors (Lipinski definition) is 2. The van der Waals surface area contributed by atoms with Crippen LogP contribution in [-0.4, -0.2) is 20.6 Å². The Morgan fingerprint density at radius 1 is 1.17 bits per heavy atom. The van der Waals surface area contributed by atoms with E-state index in [0.29, 0.717) is 22.5 Å². The van der Waals surface area contributed by atoms with Crippen LogP contribution in [0.15, 0.2) is 36.4 Å². The first-order valence-corrected chi connectivity index (χ1v) is 8.46. The quantitative estimate of drug-likeness (QED) is 0.714. The molecule has 1 fully saturated rings. The van der Waals surface area contributed by atoms with E-state index in [1.165, 1.54) is 0 Å². The molecule has 1 aliphatic carbocycles. The molecule has 0 radical (unpaired) electrons. The summed E-state index contributed by atoms with van der Waals surface area (Å²) in [5.74, 6) is 0.524. The summed E-state index contributed by atoms with van der Waals surface area (Å²) >= 11 is 12.1. The van der Waals surface area contributed by atoms with Gasteiger partial charge in [-0.25, -0.2) is 9.78 Å². The molecule has 3 aromatic rings. The van der Waals surface area contributed by atoms with E-state index in [1.54, 1.807) is 18.2 Å². The van der Waals surface area contributed by atoms with Crippen molar-refractivity contribution in [1.29, 1.82) is 0 Å². The molecular formula is C18H14Cl2N2O2. The van der Waals surface area contributed by atoms with Crippen LogP contribution in [0.4, 0.5) is 0 Å². The largest absolute Gasteiger partial charge is 0.478 e. The van der Waals surface area contributed by atoms with Gasteiger partial charge in [0.1, 0.15) is 5.82 Å². The van der Waals surface area contributed by atoms with Crippen molar-refractivity contribution >= 4 is 40.2 Å². The first-order valence-electron chi connectivity index (χ1n) is 7.70. The lowest BCUT2D eigenvalue weighted by Gasteiger charge is -2.10. The van der Waals surface area contributed by atoms with Gasteiger partial charge in [-0.3, -0.25) is 0 Å². The summed E-state index contributed by atoms with van der Waals surface area (Å²) in [5, 5.41) is 10.2. The van der Waals surface area contributed by atoms with Gasteiger partial charge in [0.05, 0.1) is 26.6 Å². The van der Waals surface area contributed by atoms with E-state index in [0.717, 1.165) is 35.3 Å². The Morgan fingerprint density at radius 3 is 2.62 bits per heavy atom. The van der Waals surface area contributed by atoms with Crippen molar-refractivity contribution in [3.63, 3.8) is 0 Å². The maximum atomic E-state index is 11.2. The fraction of sp³-hybridized carbons (Fsp3) is 0.222. The van der Waals surface area contributed by atoms with Crippen LogP contribution in [0.3, 0.4) is 0 Å². The van der Waals surface area contributed by atoms with Crippen molar-refractivity contribution in [1.82, 2.24) is 9.55 Å². The Morgan fingerprint density at radius 2 is 1.96 bits per heavy atom. The maximum Gasteiger partial charge on any atom is 0.335 e. The van der Waals surface area contributed by atoms with Crippen LogP contribution in [0.25, 0.3) is 11.0 Å². The number of aromatic nitrogens is 2. The zero-order valence-electron chi connectivity index (χ0n) is 12.7. The van der Waals surface area contributed by atoms with Gasteiger partial charge in [0.15, 0.2) is 0 Å². The molecule has 0 saturated heterocycles. The maximum absolute atomic E-state index is 11.2. The number of aromatic carboxylic acids is 1. The molecule has 1 saturated carbocycles. The minimum Gasteiger partial charge on any atom is -0.478 e. The normalized spacial score (nSPS) is 14.2. The van der Waals surface area contributed by atoms with Gasteiger partial charge in [0.2, 0.25) is 0 Å². The summed E-state index contributed by atoms with van der Waals surface area (Å²) < 4.78 is 2.15. The van der Waals surface area contributed by atoms with Crippen LogP contribution >= 0.6 is 23.2 Å². The predicted octanol–water partition coefficient (Wildman–Crippen LogP) is 4.97. The molecule has 122 valence electrons. The number of nitrogens with zero attached hydrogens (tertiary/aromatic N) is 2. The Kier molecular flexibility index (Phi) is 3.74. The predicted molar refractivity (Wildman–Crippen MR) is 94.2 cm³/mol. The van der Waals surface area contributed by atoms with Crippen LogP contribution in [0.2, 0.25) is 10.0 Å². The minimum absolute atomic E-state index is 0.254. The van der Waals surface area contributed by atoms with E-state index in [1.807, 2.05) is 18.2 Å². The Balaban J connectivity index is 1.81. The second-order valence-electron chi connectivity index (χ2n) is 6.09. The lowest BCUT2D eigenvalue weighted by molar-refractivity contribution is 0.0697. The second kappa shape index (κ2) is 5.80. The molecule has 0 spiro atoms. The summed E-state index contributed by atoms with van der Waals surface area (Å²) in [6.07, 6.45) is 2.24. The molecule has 2 aromatic carbocycles. The fourth-order valence-electron chi connectivity index (χ4n) is 2.92. The summed E-state index contributed by atoms with van der Waals surface area (Å²) in [4.78, 5) is 15.9. The van der Waals surface area contributed by atoms with Crippen LogP contribution in [0.1, 0.15) is 40.5 Å². The van der Waals surface area contributed by atoms with Crippen LogP contribution in [0, 0.1) is 0 Å². The van der Waals surface area contributed by atoms with Gasteiger partial charge >= 0.3 is 5.97 Å². The zero-order valence-corrected chi connectivity index (χ0v) is 14.2. The first-order chi connectivity index (χ1) is 11.5. The smallest absolute Gasteiger partial charge is 0.335 e. The van der Waals surface area contributed by atoms with Crippen LogP contribution < -0.4 is 0 Å². The van der Waals surface area contributed by atoms with Crippen molar-refractivity contribution in [3.05, 3.63) is 63.4 Å². The molecule has 24 heavy (non-hydrogen) atoms. The number of imidazole rings is 1. The molecule has 0 atom stereocenters. The molecule has 4 rings (SSSR count). The average molecular weight is 361 g/mol. The number of fused-ring (bicyclic) bond motifs is 1. The van der Waals surface area contributed by atoms with Crippen molar-refractivity contribution in [2.24, 2.45) is 0 Å². The molecular weight excluding hydrogens is 347 g/mol. The van der Waals surface area contributed by atoms with Gasteiger partial charge in [-0.2, -0.15) is 0 Å². The molecule has 0 bridgehead atoms. The van der Waals surface area contributed by atoms with Gasteiger partial charge in [-0.05, 0) is 48.7 Å². The van der Waals surface area contributed by atoms with Gasteiger partial charge in [-0.1, -0.05) is 29.3 Å². The Hall–Kier alpha value is -2.04. The van der Waals surface area contributed by atoms with Crippen molar-refractivity contribution in [2.75, 3.05) is 0 Å². The number of carbonyl (C=O) groups is 1. The molecule has 1 N–H and O–H groups in total. The Labute approximate surface area is 148 Å². The number of carboxylic acids is 1. The van der Waals surface area contributed by atoms with Gasteiger partial charge < -0.3 is 9.67 Å². The topological polar surface area (TPSA) is 55.1 Å². The lowest BCUT2D eigenvalue weighted by Crippen LogP contribution is -2.04. The molecule has 1 heterocycles. The highest BCUT2D eigenvalue weighted by Crippen LogP contribution is 2.41. The molecule has 1 aliphatic rings. The van der Waals surface area contributed by atoms with Crippen molar-refractivity contribution in [2.45, 2.75) is 25.3 Å². The third kappa shape index (κ3) is 2.76. The van der Waals surface area contributed by atoms with Gasteiger partial charge in [0, 0.05) is 12.5 Å². The zero-order chi connectivity index (χ0) is 16.8. The van der Waals surface area contributed by atoms with Gasteiger partial charge in [-0.15, -0.1) is 0 Å². The number of halogens is 2. The standard InChI is InChI=1S/C18H14Cl2N2O2/c19-13-5-1-10(7-14(13)20)9-22-16-6-4-12(18(23)24)8-15(16)21-17(22)11-2-3-11/h1,4-8,11H,2-3,9H2,(H,23,24). The van der Waals surface area contributed by atoms with E-state index in [-0.39, 0.29) is 5.56 Å². The van der Waals surface area contributed by atoms with E-state index in [9.17, 15) is 9.90 Å². The van der Waals surface area contributed by atoms with Crippen molar-refractivity contribution < 1.29 is 9.90 Å². The van der Waals surface area contributed by atoms with Crippen LogP contribution in [0.5, 0.6) is 0 Å². The second-order valence-corrected chi connectivity index (χ2v) is 6.90. The molecule has 0 unspecified atom stereocenters. The summed E-state index contributed by atoms with van der Waals surface area (Å²) in [6, 6.07) is 10.7. The highest BCUT2D eigenvalue weighted by Gasteiger charge is 2.29. The van der Waals surface area contributed by atoms with E-state index >= 15 is 0 Å². The molecule has 0 amide bonds. The number of hydrogen-bond donors (Lipinski definition) is 1. The van der Waals surface area contributed by atoms with E-state index in [2.05, 4.69) is 4.57 Å².